The standard InChI is InChI=1S/C24H22N4/c1-2-6-19(7-3-1)21-16-22(17-26-15-11-23-8-4-5-12-27-23)24(28-18-21)20-9-13-25-14-10-20/h1-10,12-14,16,18,26H,11,15,17H2. The van der Waals surface area contributed by atoms with E-state index in [0.717, 1.165) is 42.0 Å². The van der Waals surface area contributed by atoms with Crippen LogP contribution in [-0.4, -0.2) is 21.5 Å². The summed E-state index contributed by atoms with van der Waals surface area (Å²) < 4.78 is 0. The molecule has 0 aliphatic rings. The number of hydrogen-bond donors (Lipinski definition) is 1. The highest BCUT2D eigenvalue weighted by Crippen LogP contribution is 2.26. The van der Waals surface area contributed by atoms with Gasteiger partial charge in [-0.05, 0) is 41.5 Å². The average Bonchev–Trinajstić information content (AvgIpc) is 2.78. The Morgan fingerprint density at radius 2 is 1.54 bits per heavy atom. The van der Waals surface area contributed by atoms with Crippen LogP contribution in [0.15, 0.2) is 91.5 Å². The Labute approximate surface area is 165 Å². The van der Waals surface area contributed by atoms with Crippen LogP contribution in [0.4, 0.5) is 0 Å². The molecule has 3 heterocycles. The maximum atomic E-state index is 4.78. The maximum Gasteiger partial charge on any atom is 0.0748 e. The second kappa shape index (κ2) is 9.02. The molecular weight excluding hydrogens is 344 g/mol. The summed E-state index contributed by atoms with van der Waals surface area (Å²) in [5.41, 5.74) is 6.64. The molecule has 0 saturated heterocycles. The van der Waals surface area contributed by atoms with E-state index in [9.17, 15) is 0 Å². The zero-order chi connectivity index (χ0) is 19.0. The Morgan fingerprint density at radius 3 is 2.32 bits per heavy atom. The molecule has 138 valence electrons. The minimum absolute atomic E-state index is 0.748. The molecule has 4 rings (SSSR count). The molecule has 0 aliphatic heterocycles. The first-order valence-electron chi connectivity index (χ1n) is 9.45. The molecule has 4 nitrogen and oxygen atoms in total. The van der Waals surface area contributed by atoms with Gasteiger partial charge in [-0.25, -0.2) is 0 Å². The van der Waals surface area contributed by atoms with Crippen LogP contribution in [0.3, 0.4) is 0 Å². The number of nitrogens with one attached hydrogen (secondary N) is 1. The van der Waals surface area contributed by atoms with E-state index in [4.69, 9.17) is 4.98 Å². The van der Waals surface area contributed by atoms with Crippen LogP contribution >= 0.6 is 0 Å². The van der Waals surface area contributed by atoms with Crippen molar-refractivity contribution in [1.29, 1.82) is 0 Å². The SMILES string of the molecule is c1ccc(-c2cnc(-c3ccncc3)c(CNCCc3ccccn3)c2)cc1. The second-order valence-corrected chi connectivity index (χ2v) is 6.58. The minimum Gasteiger partial charge on any atom is -0.312 e. The van der Waals surface area contributed by atoms with E-state index >= 15 is 0 Å². The van der Waals surface area contributed by atoms with Crippen molar-refractivity contribution in [1.82, 2.24) is 20.3 Å². The summed E-state index contributed by atoms with van der Waals surface area (Å²) in [4.78, 5) is 13.3. The van der Waals surface area contributed by atoms with E-state index < -0.39 is 0 Å². The Bertz CT molecular complexity index is 1000. The summed E-state index contributed by atoms with van der Waals surface area (Å²) in [6, 6.07) is 22.6. The molecule has 0 amide bonds. The molecule has 0 aliphatic carbocycles. The van der Waals surface area contributed by atoms with Crippen LogP contribution in [0, 0.1) is 0 Å². The molecule has 28 heavy (non-hydrogen) atoms. The molecule has 0 unspecified atom stereocenters. The molecule has 1 N–H and O–H groups in total. The van der Waals surface area contributed by atoms with Crippen molar-refractivity contribution < 1.29 is 0 Å². The first kappa shape index (κ1) is 18.0. The van der Waals surface area contributed by atoms with E-state index in [1.165, 1.54) is 11.1 Å². The fourth-order valence-corrected chi connectivity index (χ4v) is 3.19. The predicted molar refractivity (Wildman–Crippen MR) is 113 cm³/mol. The third kappa shape index (κ3) is 4.48. The predicted octanol–water partition coefficient (Wildman–Crippen LogP) is 4.54. The largest absolute Gasteiger partial charge is 0.312 e. The summed E-state index contributed by atoms with van der Waals surface area (Å²) in [6.07, 6.45) is 8.30. The van der Waals surface area contributed by atoms with Gasteiger partial charge < -0.3 is 5.32 Å². The van der Waals surface area contributed by atoms with Crippen LogP contribution in [-0.2, 0) is 13.0 Å². The Balaban J connectivity index is 1.55. The van der Waals surface area contributed by atoms with Gasteiger partial charge in [0, 0.05) is 61.1 Å². The lowest BCUT2D eigenvalue weighted by atomic mass is 10.0. The van der Waals surface area contributed by atoms with Crippen molar-refractivity contribution in [3.8, 4) is 22.4 Å². The molecule has 0 fully saturated rings. The maximum absolute atomic E-state index is 4.78. The van der Waals surface area contributed by atoms with Crippen LogP contribution in [0.5, 0.6) is 0 Å². The van der Waals surface area contributed by atoms with E-state index in [0.29, 0.717) is 0 Å². The van der Waals surface area contributed by atoms with Crippen molar-refractivity contribution in [2.75, 3.05) is 6.54 Å². The lowest BCUT2D eigenvalue weighted by Gasteiger charge is -2.12. The van der Waals surface area contributed by atoms with Crippen LogP contribution in [0.25, 0.3) is 22.4 Å². The van der Waals surface area contributed by atoms with Gasteiger partial charge in [-0.3, -0.25) is 15.0 Å². The second-order valence-electron chi connectivity index (χ2n) is 6.58. The topological polar surface area (TPSA) is 50.7 Å². The number of benzene rings is 1. The molecule has 0 bridgehead atoms. The molecular formula is C24H22N4. The fourth-order valence-electron chi connectivity index (χ4n) is 3.19. The zero-order valence-electron chi connectivity index (χ0n) is 15.6. The molecule has 0 atom stereocenters. The number of rotatable bonds is 7. The molecule has 3 aromatic heterocycles. The highest BCUT2D eigenvalue weighted by Gasteiger charge is 2.09. The van der Waals surface area contributed by atoms with Crippen LogP contribution < -0.4 is 5.32 Å². The lowest BCUT2D eigenvalue weighted by molar-refractivity contribution is 0.679. The average molecular weight is 366 g/mol. The Kier molecular flexibility index (Phi) is 5.80. The zero-order valence-corrected chi connectivity index (χ0v) is 15.6. The van der Waals surface area contributed by atoms with Gasteiger partial charge in [0.15, 0.2) is 0 Å². The molecule has 0 saturated carbocycles. The highest BCUT2D eigenvalue weighted by molar-refractivity contribution is 5.69. The van der Waals surface area contributed by atoms with Gasteiger partial charge in [-0.2, -0.15) is 0 Å². The first-order chi connectivity index (χ1) is 13.9. The van der Waals surface area contributed by atoms with Crippen LogP contribution in [0.2, 0.25) is 0 Å². The monoisotopic (exact) mass is 366 g/mol. The lowest BCUT2D eigenvalue weighted by Crippen LogP contribution is -2.18. The smallest absolute Gasteiger partial charge is 0.0748 e. The molecule has 4 heteroatoms. The Morgan fingerprint density at radius 1 is 0.714 bits per heavy atom. The summed E-state index contributed by atoms with van der Waals surface area (Å²) in [6.45, 7) is 1.61. The number of aromatic nitrogens is 3. The van der Waals surface area contributed by atoms with Gasteiger partial charge in [-0.15, -0.1) is 0 Å². The Hall–Kier alpha value is -3.37. The fraction of sp³-hybridized carbons (Fsp3) is 0.125. The van der Waals surface area contributed by atoms with Gasteiger partial charge in [0.2, 0.25) is 0 Å². The van der Waals surface area contributed by atoms with Gasteiger partial charge in [-0.1, -0.05) is 36.4 Å². The molecule has 4 aromatic rings. The van der Waals surface area contributed by atoms with Gasteiger partial charge in [0.25, 0.3) is 0 Å². The summed E-state index contributed by atoms with van der Waals surface area (Å²) in [5.74, 6) is 0. The molecule has 1 aromatic carbocycles. The molecule has 0 spiro atoms. The third-order valence-corrected chi connectivity index (χ3v) is 4.63. The highest BCUT2D eigenvalue weighted by atomic mass is 14.9. The normalized spacial score (nSPS) is 10.7. The van der Waals surface area contributed by atoms with Crippen molar-refractivity contribution in [2.45, 2.75) is 13.0 Å². The number of nitrogens with zero attached hydrogens (tertiary/aromatic N) is 3. The number of pyridine rings is 3. The molecule has 0 radical (unpaired) electrons. The first-order valence-corrected chi connectivity index (χ1v) is 9.45. The number of hydrogen-bond acceptors (Lipinski definition) is 4. The van der Waals surface area contributed by atoms with Gasteiger partial charge in [0.1, 0.15) is 0 Å². The summed E-state index contributed by atoms with van der Waals surface area (Å²) >= 11 is 0. The van der Waals surface area contributed by atoms with Crippen molar-refractivity contribution in [3.63, 3.8) is 0 Å². The minimum atomic E-state index is 0.748. The van der Waals surface area contributed by atoms with E-state index in [1.807, 2.05) is 42.7 Å². The third-order valence-electron chi connectivity index (χ3n) is 4.63. The van der Waals surface area contributed by atoms with E-state index in [-0.39, 0.29) is 0 Å². The van der Waals surface area contributed by atoms with E-state index in [2.05, 4.69) is 51.7 Å². The van der Waals surface area contributed by atoms with Gasteiger partial charge in [0.05, 0.1) is 5.69 Å². The quantitative estimate of drug-likeness (QED) is 0.488. The summed E-state index contributed by atoms with van der Waals surface area (Å²) in [5, 5.41) is 3.54. The van der Waals surface area contributed by atoms with Crippen molar-refractivity contribution >= 4 is 0 Å². The van der Waals surface area contributed by atoms with Crippen LogP contribution in [0.1, 0.15) is 11.3 Å². The van der Waals surface area contributed by atoms with Gasteiger partial charge >= 0.3 is 0 Å². The van der Waals surface area contributed by atoms with Crippen molar-refractivity contribution in [3.05, 3.63) is 103 Å². The van der Waals surface area contributed by atoms with Crippen molar-refractivity contribution in [2.24, 2.45) is 0 Å². The van der Waals surface area contributed by atoms with E-state index in [1.54, 1.807) is 12.4 Å². The summed E-state index contributed by atoms with van der Waals surface area (Å²) in [7, 11) is 0.